The van der Waals surface area contributed by atoms with Gasteiger partial charge in [0.1, 0.15) is 5.69 Å². The monoisotopic (exact) mass is 307 g/mol. The number of rotatable bonds is 5. The number of likely N-dealkylation sites (N-methyl/N-ethyl adjacent to an activating group) is 1. The lowest BCUT2D eigenvalue weighted by Gasteiger charge is -2.31. The summed E-state index contributed by atoms with van der Waals surface area (Å²) in [6, 6.07) is 3.35. The number of nitro groups is 1. The van der Waals surface area contributed by atoms with E-state index in [2.05, 4.69) is 4.98 Å². The van der Waals surface area contributed by atoms with E-state index < -0.39 is 4.92 Å². The fourth-order valence-electron chi connectivity index (χ4n) is 2.69. The summed E-state index contributed by atoms with van der Waals surface area (Å²) in [5, 5.41) is 11.0. The minimum atomic E-state index is -0.600. The standard InChI is InChI=1S/C15H21N3O4/c1-11-8-9-13(15(16-11)18(20)21)22-10-14(19)17(2)12-6-4-3-5-7-12/h8-9,12H,3-7,10H2,1-2H3. The molecular formula is C15H21N3O4. The van der Waals surface area contributed by atoms with Crippen LogP contribution in [0.25, 0.3) is 0 Å². The van der Waals surface area contributed by atoms with Gasteiger partial charge in [-0.25, -0.2) is 0 Å². The minimum Gasteiger partial charge on any atom is -0.476 e. The maximum atomic E-state index is 12.2. The first-order chi connectivity index (χ1) is 10.5. The molecule has 1 aromatic heterocycles. The second-order valence-electron chi connectivity index (χ2n) is 5.62. The second kappa shape index (κ2) is 7.20. The van der Waals surface area contributed by atoms with Crippen LogP contribution in [0.1, 0.15) is 37.8 Å². The molecule has 1 heterocycles. The van der Waals surface area contributed by atoms with E-state index in [0.717, 1.165) is 25.7 Å². The first-order valence-electron chi connectivity index (χ1n) is 7.49. The van der Waals surface area contributed by atoms with Crippen molar-refractivity contribution in [1.29, 1.82) is 0 Å². The summed E-state index contributed by atoms with van der Waals surface area (Å²) in [6.07, 6.45) is 5.51. The van der Waals surface area contributed by atoms with Crippen molar-refractivity contribution < 1.29 is 14.5 Å². The van der Waals surface area contributed by atoms with Gasteiger partial charge >= 0.3 is 5.82 Å². The maximum Gasteiger partial charge on any atom is 0.406 e. The average molecular weight is 307 g/mol. The smallest absolute Gasteiger partial charge is 0.406 e. The molecule has 0 bridgehead atoms. The molecule has 0 unspecified atom stereocenters. The van der Waals surface area contributed by atoms with Crippen molar-refractivity contribution in [2.75, 3.05) is 13.7 Å². The van der Waals surface area contributed by atoms with Gasteiger partial charge < -0.3 is 19.8 Å². The van der Waals surface area contributed by atoms with Crippen LogP contribution in [0.3, 0.4) is 0 Å². The van der Waals surface area contributed by atoms with Gasteiger partial charge in [-0.3, -0.25) is 4.79 Å². The van der Waals surface area contributed by atoms with Gasteiger partial charge in [-0.15, -0.1) is 0 Å². The van der Waals surface area contributed by atoms with Crippen molar-refractivity contribution in [2.45, 2.75) is 45.1 Å². The Labute approximate surface area is 129 Å². The van der Waals surface area contributed by atoms with Crippen LogP contribution in [0.4, 0.5) is 5.82 Å². The molecule has 0 aliphatic heterocycles. The molecule has 22 heavy (non-hydrogen) atoms. The highest BCUT2D eigenvalue weighted by atomic mass is 16.6. The Morgan fingerprint density at radius 2 is 2.09 bits per heavy atom. The molecule has 1 aliphatic carbocycles. The molecule has 1 fully saturated rings. The molecule has 7 nitrogen and oxygen atoms in total. The van der Waals surface area contributed by atoms with E-state index in [1.54, 1.807) is 24.9 Å². The van der Waals surface area contributed by atoms with Gasteiger partial charge in [-0.05, 0) is 34.9 Å². The SMILES string of the molecule is Cc1ccc(OCC(=O)N(C)C2CCCCC2)c([N+](=O)[O-])n1. The summed E-state index contributed by atoms with van der Waals surface area (Å²) in [5.74, 6) is -0.490. The van der Waals surface area contributed by atoms with Crippen molar-refractivity contribution in [3.63, 3.8) is 0 Å². The highest BCUT2D eigenvalue weighted by molar-refractivity contribution is 5.78. The van der Waals surface area contributed by atoms with Crippen molar-refractivity contribution in [3.05, 3.63) is 27.9 Å². The number of aryl methyl sites for hydroxylation is 1. The normalized spacial score (nSPS) is 15.4. The fourth-order valence-corrected chi connectivity index (χ4v) is 2.69. The van der Waals surface area contributed by atoms with Gasteiger partial charge in [-0.2, -0.15) is 0 Å². The summed E-state index contributed by atoms with van der Waals surface area (Å²) >= 11 is 0. The quantitative estimate of drug-likeness (QED) is 0.616. The molecule has 1 amide bonds. The minimum absolute atomic E-state index is 0.0287. The first kappa shape index (κ1) is 16.2. The molecule has 0 atom stereocenters. The van der Waals surface area contributed by atoms with Crippen LogP contribution >= 0.6 is 0 Å². The van der Waals surface area contributed by atoms with Crippen molar-refractivity contribution in [3.8, 4) is 5.75 Å². The number of aromatic nitrogens is 1. The third-order valence-corrected chi connectivity index (χ3v) is 4.02. The van der Waals surface area contributed by atoms with Gasteiger partial charge in [0.25, 0.3) is 5.91 Å². The van der Waals surface area contributed by atoms with Crippen molar-refractivity contribution in [2.24, 2.45) is 0 Å². The zero-order chi connectivity index (χ0) is 16.1. The molecule has 0 N–H and O–H groups in total. The Balaban J connectivity index is 1.97. The van der Waals surface area contributed by atoms with E-state index in [0.29, 0.717) is 5.69 Å². The van der Waals surface area contributed by atoms with E-state index in [9.17, 15) is 14.9 Å². The van der Waals surface area contributed by atoms with E-state index in [4.69, 9.17) is 4.74 Å². The predicted octanol–water partition coefficient (Wildman–Crippen LogP) is 2.47. The lowest BCUT2D eigenvalue weighted by atomic mass is 9.94. The first-order valence-corrected chi connectivity index (χ1v) is 7.49. The Morgan fingerprint density at radius 3 is 2.73 bits per heavy atom. The number of hydrogen-bond acceptors (Lipinski definition) is 5. The maximum absolute atomic E-state index is 12.2. The molecule has 120 valence electrons. The summed E-state index contributed by atoms with van der Waals surface area (Å²) in [4.78, 5) is 28.1. The number of nitrogens with zero attached hydrogens (tertiary/aromatic N) is 3. The zero-order valence-electron chi connectivity index (χ0n) is 12.9. The number of hydrogen-bond donors (Lipinski definition) is 0. The number of pyridine rings is 1. The fraction of sp³-hybridized carbons (Fsp3) is 0.600. The van der Waals surface area contributed by atoms with Crippen LogP contribution in [0.15, 0.2) is 12.1 Å². The molecule has 1 aliphatic rings. The molecule has 1 saturated carbocycles. The number of carbonyl (C=O) groups excluding carboxylic acids is 1. The van der Waals surface area contributed by atoms with Gasteiger partial charge in [0.2, 0.25) is 5.75 Å². The van der Waals surface area contributed by atoms with Crippen LogP contribution < -0.4 is 4.74 Å². The van der Waals surface area contributed by atoms with Crippen LogP contribution in [0, 0.1) is 17.0 Å². The van der Waals surface area contributed by atoms with E-state index in [-0.39, 0.29) is 30.1 Å². The van der Waals surface area contributed by atoms with Gasteiger partial charge in [-0.1, -0.05) is 19.3 Å². The second-order valence-corrected chi connectivity index (χ2v) is 5.62. The molecule has 0 spiro atoms. The average Bonchev–Trinajstić information content (AvgIpc) is 2.53. The molecule has 2 rings (SSSR count). The number of amides is 1. The van der Waals surface area contributed by atoms with Gasteiger partial charge in [0.15, 0.2) is 6.61 Å². The van der Waals surface area contributed by atoms with E-state index >= 15 is 0 Å². The summed E-state index contributed by atoms with van der Waals surface area (Å²) in [5.41, 5.74) is 0.532. The molecule has 0 saturated heterocycles. The van der Waals surface area contributed by atoms with Gasteiger partial charge in [0.05, 0.1) is 0 Å². The Hall–Kier alpha value is -2.18. The number of carbonyl (C=O) groups is 1. The van der Waals surface area contributed by atoms with Crippen molar-refractivity contribution >= 4 is 11.7 Å². The number of ether oxygens (including phenoxy) is 1. The summed E-state index contributed by atoms with van der Waals surface area (Å²) < 4.78 is 5.33. The van der Waals surface area contributed by atoms with Crippen LogP contribution in [0.5, 0.6) is 5.75 Å². The van der Waals surface area contributed by atoms with E-state index in [1.165, 1.54) is 12.5 Å². The Kier molecular flexibility index (Phi) is 5.30. The van der Waals surface area contributed by atoms with Crippen molar-refractivity contribution in [1.82, 2.24) is 9.88 Å². The lowest BCUT2D eigenvalue weighted by molar-refractivity contribution is -0.390. The molecule has 0 aromatic carbocycles. The lowest BCUT2D eigenvalue weighted by Crippen LogP contribution is -2.40. The zero-order valence-corrected chi connectivity index (χ0v) is 12.9. The Morgan fingerprint density at radius 1 is 1.41 bits per heavy atom. The third-order valence-electron chi connectivity index (χ3n) is 4.02. The van der Waals surface area contributed by atoms with Gasteiger partial charge in [0, 0.05) is 20.0 Å². The Bertz CT molecular complexity index is 556. The summed E-state index contributed by atoms with van der Waals surface area (Å²) in [6.45, 7) is 1.46. The molecular weight excluding hydrogens is 286 g/mol. The largest absolute Gasteiger partial charge is 0.476 e. The van der Waals surface area contributed by atoms with Crippen LogP contribution in [-0.4, -0.2) is 40.4 Å². The highest BCUT2D eigenvalue weighted by Gasteiger charge is 2.24. The molecule has 1 aromatic rings. The van der Waals surface area contributed by atoms with E-state index in [1.807, 2.05) is 0 Å². The topological polar surface area (TPSA) is 85.6 Å². The predicted molar refractivity (Wildman–Crippen MR) is 80.8 cm³/mol. The third kappa shape index (κ3) is 3.93. The summed E-state index contributed by atoms with van der Waals surface area (Å²) in [7, 11) is 1.77. The van der Waals surface area contributed by atoms with Crippen LogP contribution in [0.2, 0.25) is 0 Å². The molecule has 7 heteroatoms. The van der Waals surface area contributed by atoms with Crippen LogP contribution in [-0.2, 0) is 4.79 Å². The highest BCUT2D eigenvalue weighted by Crippen LogP contribution is 2.25. The molecule has 0 radical (unpaired) electrons.